The van der Waals surface area contributed by atoms with Gasteiger partial charge < -0.3 is 10.2 Å². The van der Waals surface area contributed by atoms with Crippen molar-refractivity contribution >= 4 is 10.2 Å². The Morgan fingerprint density at radius 2 is 1.90 bits per heavy atom. The first-order valence-corrected chi connectivity index (χ1v) is 9.38. The lowest BCUT2D eigenvalue weighted by Gasteiger charge is -2.29. The number of hydrogen-bond acceptors (Lipinski definition) is 4. The number of likely N-dealkylation sites (tertiary alicyclic amines) is 1. The van der Waals surface area contributed by atoms with E-state index < -0.39 is 10.2 Å². The van der Waals surface area contributed by atoms with Crippen molar-refractivity contribution in [1.29, 1.82) is 0 Å². The molecule has 0 amide bonds. The second-order valence-electron chi connectivity index (χ2n) is 6.38. The molecule has 0 aromatic carbocycles. The number of hydrogen-bond donors (Lipinski definition) is 2. The van der Waals surface area contributed by atoms with Crippen LogP contribution in [0.2, 0.25) is 0 Å². The summed E-state index contributed by atoms with van der Waals surface area (Å²) in [5.74, 6) is 0.465. The average molecular weight is 321 g/mol. The normalized spacial score (nSPS) is 18.8. The summed E-state index contributed by atoms with van der Waals surface area (Å²) in [7, 11) is 0.424. The number of piperidine rings is 1. The zero-order valence-electron chi connectivity index (χ0n) is 13.9. The van der Waals surface area contributed by atoms with Crippen LogP contribution in [0.4, 0.5) is 0 Å². The Hall–Kier alpha value is -0.210. The number of nitrogens with one attached hydrogen (secondary N) is 2. The zero-order valence-corrected chi connectivity index (χ0v) is 14.7. The van der Waals surface area contributed by atoms with Crippen molar-refractivity contribution < 1.29 is 8.42 Å². The van der Waals surface area contributed by atoms with Gasteiger partial charge in [-0.25, -0.2) is 4.72 Å². The van der Waals surface area contributed by atoms with Gasteiger partial charge in [0.2, 0.25) is 0 Å². The fraction of sp³-hybridized carbons (Fsp3) is 1.00. The van der Waals surface area contributed by atoms with Crippen molar-refractivity contribution in [3.05, 3.63) is 0 Å². The molecular weight excluding hydrogens is 288 g/mol. The maximum atomic E-state index is 12.1. The molecule has 1 heterocycles. The minimum atomic E-state index is -3.33. The standard InChI is InChI=1S/C14H32N4O2S/c1-13(2)15-8-5-9-18(4)21(19,20)16-12-14-6-10-17(3)11-7-14/h13-16H,5-12H2,1-4H3. The van der Waals surface area contributed by atoms with Gasteiger partial charge in [-0.3, -0.25) is 0 Å². The van der Waals surface area contributed by atoms with Crippen molar-refractivity contribution in [2.24, 2.45) is 5.92 Å². The monoisotopic (exact) mass is 320 g/mol. The average Bonchev–Trinajstić information content (AvgIpc) is 2.42. The summed E-state index contributed by atoms with van der Waals surface area (Å²) in [6.07, 6.45) is 2.96. The van der Waals surface area contributed by atoms with E-state index in [-0.39, 0.29) is 0 Å². The summed E-state index contributed by atoms with van der Waals surface area (Å²) in [5.41, 5.74) is 0. The second-order valence-corrected chi connectivity index (χ2v) is 8.25. The van der Waals surface area contributed by atoms with E-state index >= 15 is 0 Å². The van der Waals surface area contributed by atoms with E-state index in [1.165, 1.54) is 4.31 Å². The van der Waals surface area contributed by atoms with E-state index in [0.29, 0.717) is 25.0 Å². The molecule has 1 saturated heterocycles. The molecule has 21 heavy (non-hydrogen) atoms. The SMILES string of the molecule is CC(C)NCCCN(C)S(=O)(=O)NCC1CCN(C)CC1. The summed E-state index contributed by atoms with van der Waals surface area (Å²) in [4.78, 5) is 2.29. The molecule has 0 bridgehead atoms. The van der Waals surface area contributed by atoms with Crippen molar-refractivity contribution in [2.45, 2.75) is 39.2 Å². The van der Waals surface area contributed by atoms with Gasteiger partial charge in [-0.15, -0.1) is 0 Å². The van der Waals surface area contributed by atoms with E-state index in [2.05, 4.69) is 35.8 Å². The highest BCUT2D eigenvalue weighted by atomic mass is 32.2. The van der Waals surface area contributed by atoms with Crippen LogP contribution < -0.4 is 10.0 Å². The molecule has 0 saturated carbocycles. The molecule has 126 valence electrons. The van der Waals surface area contributed by atoms with Crippen LogP contribution in [0.25, 0.3) is 0 Å². The maximum Gasteiger partial charge on any atom is 0.279 e. The third-order valence-electron chi connectivity index (χ3n) is 4.01. The molecule has 0 atom stereocenters. The lowest BCUT2D eigenvalue weighted by molar-refractivity contribution is 0.220. The van der Waals surface area contributed by atoms with Crippen LogP contribution in [-0.4, -0.2) is 70.5 Å². The Balaban J connectivity index is 2.25. The summed E-state index contributed by atoms with van der Waals surface area (Å²) in [5, 5.41) is 3.29. The minimum absolute atomic E-state index is 0.439. The molecule has 1 aliphatic rings. The number of rotatable bonds is 9. The molecule has 0 aliphatic carbocycles. The van der Waals surface area contributed by atoms with Crippen LogP contribution in [0.3, 0.4) is 0 Å². The molecule has 0 unspecified atom stereocenters. The first-order valence-electron chi connectivity index (χ1n) is 7.94. The van der Waals surface area contributed by atoms with E-state index in [4.69, 9.17) is 0 Å². The molecule has 6 nitrogen and oxygen atoms in total. The molecular formula is C14H32N4O2S. The van der Waals surface area contributed by atoms with Gasteiger partial charge in [-0.2, -0.15) is 12.7 Å². The molecule has 1 aliphatic heterocycles. The second kappa shape index (κ2) is 9.05. The lowest BCUT2D eigenvalue weighted by Crippen LogP contribution is -2.43. The highest BCUT2D eigenvalue weighted by molar-refractivity contribution is 7.87. The molecule has 0 aromatic heterocycles. The molecule has 2 N–H and O–H groups in total. The quantitative estimate of drug-likeness (QED) is 0.607. The zero-order chi connectivity index (χ0) is 15.9. The first kappa shape index (κ1) is 18.8. The fourth-order valence-electron chi connectivity index (χ4n) is 2.41. The summed E-state index contributed by atoms with van der Waals surface area (Å²) >= 11 is 0. The molecule has 7 heteroatoms. The largest absolute Gasteiger partial charge is 0.314 e. The van der Waals surface area contributed by atoms with Crippen molar-refractivity contribution in [2.75, 3.05) is 46.8 Å². The van der Waals surface area contributed by atoms with Crippen LogP contribution in [0.1, 0.15) is 33.1 Å². The third kappa shape index (κ3) is 7.56. The predicted octanol–water partition coefficient (Wildman–Crippen LogP) is 0.483. The summed E-state index contributed by atoms with van der Waals surface area (Å²) in [6, 6.07) is 0.439. The summed E-state index contributed by atoms with van der Waals surface area (Å²) < 4.78 is 28.5. The van der Waals surface area contributed by atoms with Crippen LogP contribution >= 0.6 is 0 Å². The highest BCUT2D eigenvalue weighted by Gasteiger charge is 2.21. The minimum Gasteiger partial charge on any atom is -0.314 e. The Labute approximate surface area is 130 Å². The Kier molecular flexibility index (Phi) is 8.12. The van der Waals surface area contributed by atoms with Crippen LogP contribution in [-0.2, 0) is 10.2 Å². The van der Waals surface area contributed by atoms with Gasteiger partial charge in [-0.05, 0) is 51.9 Å². The molecule has 0 aromatic rings. The summed E-state index contributed by atoms with van der Waals surface area (Å²) in [6.45, 7) is 8.24. The smallest absolute Gasteiger partial charge is 0.279 e. The van der Waals surface area contributed by atoms with Gasteiger partial charge in [-0.1, -0.05) is 13.8 Å². The number of nitrogens with zero attached hydrogens (tertiary/aromatic N) is 2. The van der Waals surface area contributed by atoms with E-state index in [0.717, 1.165) is 38.9 Å². The molecule has 1 rings (SSSR count). The van der Waals surface area contributed by atoms with Crippen molar-refractivity contribution in [3.8, 4) is 0 Å². The lowest BCUT2D eigenvalue weighted by atomic mass is 9.98. The maximum absolute atomic E-state index is 12.1. The molecule has 0 spiro atoms. The van der Waals surface area contributed by atoms with Crippen LogP contribution in [0.15, 0.2) is 0 Å². The van der Waals surface area contributed by atoms with Crippen molar-refractivity contribution in [3.63, 3.8) is 0 Å². The molecule has 0 radical (unpaired) electrons. The molecule has 1 fully saturated rings. The van der Waals surface area contributed by atoms with Gasteiger partial charge in [0.25, 0.3) is 10.2 Å². The van der Waals surface area contributed by atoms with Gasteiger partial charge in [0.15, 0.2) is 0 Å². The Morgan fingerprint density at radius 3 is 2.48 bits per heavy atom. The van der Waals surface area contributed by atoms with Gasteiger partial charge in [0.1, 0.15) is 0 Å². The Morgan fingerprint density at radius 1 is 1.29 bits per heavy atom. The van der Waals surface area contributed by atoms with Crippen molar-refractivity contribution in [1.82, 2.24) is 19.2 Å². The highest BCUT2D eigenvalue weighted by Crippen LogP contribution is 2.15. The van der Waals surface area contributed by atoms with Gasteiger partial charge in [0.05, 0.1) is 0 Å². The predicted molar refractivity (Wildman–Crippen MR) is 87.5 cm³/mol. The van der Waals surface area contributed by atoms with Crippen LogP contribution in [0, 0.1) is 5.92 Å². The van der Waals surface area contributed by atoms with E-state index in [9.17, 15) is 8.42 Å². The fourth-order valence-corrected chi connectivity index (χ4v) is 3.45. The topological polar surface area (TPSA) is 64.7 Å². The van der Waals surface area contributed by atoms with Gasteiger partial charge in [0, 0.05) is 26.2 Å². The Bertz CT molecular complexity index is 378. The van der Waals surface area contributed by atoms with E-state index in [1.54, 1.807) is 7.05 Å². The van der Waals surface area contributed by atoms with E-state index in [1.807, 2.05) is 0 Å². The third-order valence-corrected chi connectivity index (χ3v) is 5.54. The van der Waals surface area contributed by atoms with Crippen LogP contribution in [0.5, 0.6) is 0 Å². The first-order chi connectivity index (χ1) is 9.81. The van der Waals surface area contributed by atoms with Gasteiger partial charge >= 0.3 is 0 Å².